The van der Waals surface area contributed by atoms with Gasteiger partial charge < -0.3 is 24.4 Å². The summed E-state index contributed by atoms with van der Waals surface area (Å²) in [4.78, 5) is 10.5. The van der Waals surface area contributed by atoms with Crippen molar-refractivity contribution in [1.29, 1.82) is 0 Å². The third-order valence-corrected chi connectivity index (χ3v) is 4.58. The molecule has 0 amide bonds. The Kier molecular flexibility index (Phi) is 13.7. The molecule has 6 heteroatoms. The van der Waals surface area contributed by atoms with Gasteiger partial charge in [-0.1, -0.05) is 38.5 Å². The topological polar surface area (TPSA) is 85.2 Å². The Morgan fingerprint density at radius 3 is 2.28 bits per heavy atom. The summed E-state index contributed by atoms with van der Waals surface area (Å²) in [5.41, 5.74) is 0. The van der Waals surface area contributed by atoms with E-state index in [1.807, 2.05) is 0 Å². The predicted octanol–water partition coefficient (Wildman–Crippen LogP) is 4.49. The standard InChI is InChI=1S/C19H36O6/c20-14-13-17(25-19(21)22)11-7-5-3-1-2-4-6-9-15-23-18-12-8-10-16-24-18/h17-18,20H,1-16H2,(H,21,22). The minimum Gasteiger partial charge on any atom is -0.450 e. The van der Waals surface area contributed by atoms with Crippen molar-refractivity contribution in [3.05, 3.63) is 0 Å². The van der Waals surface area contributed by atoms with Gasteiger partial charge in [-0.15, -0.1) is 0 Å². The number of ether oxygens (including phenoxy) is 3. The molecule has 1 fully saturated rings. The molecule has 0 aliphatic carbocycles. The average Bonchev–Trinajstić information content (AvgIpc) is 2.60. The van der Waals surface area contributed by atoms with Crippen molar-refractivity contribution in [3.8, 4) is 0 Å². The molecule has 1 aliphatic heterocycles. The summed E-state index contributed by atoms with van der Waals surface area (Å²) in [7, 11) is 0. The van der Waals surface area contributed by atoms with Crippen molar-refractivity contribution in [2.75, 3.05) is 19.8 Å². The van der Waals surface area contributed by atoms with Crippen LogP contribution in [0.25, 0.3) is 0 Å². The van der Waals surface area contributed by atoms with E-state index in [-0.39, 0.29) is 19.0 Å². The normalized spacial score (nSPS) is 18.8. The number of unbranched alkanes of at least 4 members (excludes halogenated alkanes) is 7. The summed E-state index contributed by atoms with van der Waals surface area (Å²) < 4.78 is 16.0. The Hall–Kier alpha value is -0.850. The van der Waals surface area contributed by atoms with E-state index < -0.39 is 6.16 Å². The molecular weight excluding hydrogens is 324 g/mol. The molecule has 1 heterocycles. The quantitative estimate of drug-likeness (QED) is 0.331. The van der Waals surface area contributed by atoms with Crippen LogP contribution < -0.4 is 0 Å². The summed E-state index contributed by atoms with van der Waals surface area (Å²) in [6.45, 7) is 1.61. The molecule has 0 bridgehead atoms. The molecule has 2 N–H and O–H groups in total. The van der Waals surface area contributed by atoms with E-state index in [0.29, 0.717) is 12.8 Å². The SMILES string of the molecule is O=C(O)OC(CCO)CCCCCCCCCCOC1CCCCO1. The van der Waals surface area contributed by atoms with Crippen LogP contribution in [0.15, 0.2) is 0 Å². The zero-order valence-corrected chi connectivity index (χ0v) is 15.5. The molecular formula is C19H36O6. The number of aliphatic hydroxyl groups is 1. The largest absolute Gasteiger partial charge is 0.506 e. The Labute approximate surface area is 151 Å². The zero-order valence-electron chi connectivity index (χ0n) is 15.5. The molecule has 2 atom stereocenters. The lowest BCUT2D eigenvalue weighted by molar-refractivity contribution is -0.162. The van der Waals surface area contributed by atoms with Gasteiger partial charge in [-0.2, -0.15) is 0 Å². The number of hydrogen-bond acceptors (Lipinski definition) is 5. The van der Waals surface area contributed by atoms with E-state index in [1.54, 1.807) is 0 Å². The van der Waals surface area contributed by atoms with Crippen LogP contribution in [-0.4, -0.2) is 48.6 Å². The highest BCUT2D eigenvalue weighted by atomic mass is 16.7. The Bertz CT molecular complexity index is 317. The summed E-state index contributed by atoms with van der Waals surface area (Å²) in [6.07, 6.45) is 12.2. The third-order valence-electron chi connectivity index (χ3n) is 4.58. The molecule has 0 saturated carbocycles. The van der Waals surface area contributed by atoms with Crippen molar-refractivity contribution >= 4 is 6.16 Å². The molecule has 0 aromatic heterocycles. The van der Waals surface area contributed by atoms with Crippen LogP contribution >= 0.6 is 0 Å². The van der Waals surface area contributed by atoms with Gasteiger partial charge in [-0.25, -0.2) is 4.79 Å². The molecule has 1 aliphatic rings. The zero-order chi connectivity index (χ0) is 18.2. The number of rotatable bonds is 15. The second-order valence-electron chi connectivity index (χ2n) is 6.80. The molecule has 1 rings (SSSR count). The van der Waals surface area contributed by atoms with E-state index in [9.17, 15) is 4.79 Å². The first kappa shape index (κ1) is 22.2. The van der Waals surface area contributed by atoms with Gasteiger partial charge in [0.25, 0.3) is 0 Å². The average molecular weight is 360 g/mol. The van der Waals surface area contributed by atoms with E-state index in [2.05, 4.69) is 0 Å². The molecule has 2 unspecified atom stereocenters. The highest BCUT2D eigenvalue weighted by Gasteiger charge is 2.13. The molecule has 0 spiro atoms. The van der Waals surface area contributed by atoms with Crippen LogP contribution in [0, 0.1) is 0 Å². The lowest BCUT2D eigenvalue weighted by Crippen LogP contribution is -2.22. The Morgan fingerprint density at radius 1 is 1.00 bits per heavy atom. The van der Waals surface area contributed by atoms with E-state index in [4.69, 9.17) is 24.4 Å². The van der Waals surface area contributed by atoms with Crippen molar-refractivity contribution < 1.29 is 29.2 Å². The first-order valence-corrected chi connectivity index (χ1v) is 9.96. The fourth-order valence-corrected chi connectivity index (χ4v) is 3.14. The summed E-state index contributed by atoms with van der Waals surface area (Å²) in [5, 5.41) is 17.5. The maximum atomic E-state index is 10.5. The van der Waals surface area contributed by atoms with Crippen molar-refractivity contribution in [2.45, 2.75) is 95.9 Å². The molecule has 6 nitrogen and oxygen atoms in total. The number of aliphatic hydroxyl groups excluding tert-OH is 1. The molecule has 1 saturated heterocycles. The first-order valence-electron chi connectivity index (χ1n) is 9.96. The second-order valence-corrected chi connectivity index (χ2v) is 6.80. The maximum Gasteiger partial charge on any atom is 0.506 e. The number of carbonyl (C=O) groups is 1. The monoisotopic (exact) mass is 360 g/mol. The van der Waals surface area contributed by atoms with Gasteiger partial charge in [-0.05, 0) is 38.5 Å². The maximum absolute atomic E-state index is 10.5. The molecule has 25 heavy (non-hydrogen) atoms. The van der Waals surface area contributed by atoms with Crippen molar-refractivity contribution in [3.63, 3.8) is 0 Å². The van der Waals surface area contributed by atoms with Gasteiger partial charge in [0.05, 0.1) is 0 Å². The van der Waals surface area contributed by atoms with Crippen LogP contribution in [0.2, 0.25) is 0 Å². The van der Waals surface area contributed by atoms with Gasteiger partial charge in [0, 0.05) is 26.2 Å². The van der Waals surface area contributed by atoms with Crippen molar-refractivity contribution in [2.24, 2.45) is 0 Å². The third kappa shape index (κ3) is 13.1. The molecule has 0 aromatic rings. The number of hydrogen-bond donors (Lipinski definition) is 2. The first-order chi connectivity index (χ1) is 12.2. The highest BCUT2D eigenvalue weighted by Crippen LogP contribution is 2.16. The predicted molar refractivity (Wildman–Crippen MR) is 95.7 cm³/mol. The smallest absolute Gasteiger partial charge is 0.450 e. The van der Waals surface area contributed by atoms with Gasteiger partial charge >= 0.3 is 6.16 Å². The van der Waals surface area contributed by atoms with Crippen LogP contribution in [0.3, 0.4) is 0 Å². The summed E-state index contributed by atoms with van der Waals surface area (Å²) >= 11 is 0. The lowest BCUT2D eigenvalue weighted by Gasteiger charge is -2.22. The fraction of sp³-hybridized carbons (Fsp3) is 0.947. The second kappa shape index (κ2) is 15.4. The molecule has 0 radical (unpaired) electrons. The highest BCUT2D eigenvalue weighted by molar-refractivity contribution is 5.57. The van der Waals surface area contributed by atoms with Gasteiger partial charge in [0.1, 0.15) is 6.10 Å². The Balaban J connectivity index is 1.82. The lowest BCUT2D eigenvalue weighted by atomic mass is 10.0. The van der Waals surface area contributed by atoms with Gasteiger partial charge in [0.2, 0.25) is 0 Å². The Morgan fingerprint density at radius 2 is 1.68 bits per heavy atom. The van der Waals surface area contributed by atoms with Crippen molar-refractivity contribution in [1.82, 2.24) is 0 Å². The van der Waals surface area contributed by atoms with Gasteiger partial charge in [0.15, 0.2) is 6.29 Å². The fourth-order valence-electron chi connectivity index (χ4n) is 3.14. The minimum absolute atomic E-state index is 0.0332. The minimum atomic E-state index is -1.25. The van der Waals surface area contributed by atoms with Crippen LogP contribution in [0.1, 0.15) is 83.5 Å². The van der Waals surface area contributed by atoms with Crippen LogP contribution in [0.4, 0.5) is 4.79 Å². The molecule has 0 aromatic carbocycles. The summed E-state index contributed by atoms with van der Waals surface area (Å²) in [6, 6.07) is 0. The summed E-state index contributed by atoms with van der Waals surface area (Å²) in [5.74, 6) is 0. The van der Waals surface area contributed by atoms with E-state index in [0.717, 1.165) is 45.3 Å². The molecule has 148 valence electrons. The van der Waals surface area contributed by atoms with Crippen LogP contribution in [0.5, 0.6) is 0 Å². The van der Waals surface area contributed by atoms with Gasteiger partial charge in [-0.3, -0.25) is 0 Å². The van der Waals surface area contributed by atoms with E-state index in [1.165, 1.54) is 38.5 Å². The number of carboxylic acid groups (broad SMARTS) is 1. The van der Waals surface area contributed by atoms with E-state index >= 15 is 0 Å². The van der Waals surface area contributed by atoms with Crippen LogP contribution in [-0.2, 0) is 14.2 Å².